The Bertz CT molecular complexity index is 362. The van der Waals surface area contributed by atoms with Gasteiger partial charge < -0.3 is 15.5 Å². The van der Waals surface area contributed by atoms with E-state index < -0.39 is 0 Å². The van der Waals surface area contributed by atoms with Crippen LogP contribution in [0, 0.1) is 5.92 Å². The fourth-order valence-corrected chi connectivity index (χ4v) is 2.55. The lowest BCUT2D eigenvalue weighted by atomic mass is 10.0. The molecule has 3 nitrogen and oxygen atoms in total. The average molecular weight is 291 g/mol. The van der Waals surface area contributed by atoms with Gasteiger partial charge >= 0.3 is 0 Å². The summed E-state index contributed by atoms with van der Waals surface area (Å²) in [5.74, 6) is 0.718. The minimum Gasteiger partial charge on any atom is -0.324 e. The van der Waals surface area contributed by atoms with Crippen molar-refractivity contribution in [3.63, 3.8) is 0 Å². The molecule has 0 radical (unpaired) electrons. The molecule has 0 aromatic heterocycles. The number of rotatable bonds is 10. The predicted octanol–water partition coefficient (Wildman–Crippen LogP) is 2.99. The van der Waals surface area contributed by atoms with E-state index in [1.165, 1.54) is 12.1 Å². The number of benzene rings is 1. The molecule has 0 heterocycles. The van der Waals surface area contributed by atoms with Gasteiger partial charge in [-0.15, -0.1) is 0 Å². The molecule has 3 heteroatoms. The van der Waals surface area contributed by atoms with Crippen LogP contribution in [0.2, 0.25) is 0 Å². The first-order chi connectivity index (χ1) is 9.99. The lowest BCUT2D eigenvalue weighted by molar-refractivity contribution is 0.214. The molecule has 120 valence electrons. The Kier molecular flexibility index (Phi) is 8.58. The van der Waals surface area contributed by atoms with Gasteiger partial charge in [0.15, 0.2) is 0 Å². The molecule has 1 rings (SSSR count). The molecule has 2 N–H and O–H groups in total. The normalized spacial score (nSPS) is 13.3. The van der Waals surface area contributed by atoms with Gasteiger partial charge in [0.2, 0.25) is 0 Å². The van der Waals surface area contributed by atoms with Crippen molar-refractivity contribution in [1.29, 1.82) is 0 Å². The zero-order valence-corrected chi connectivity index (χ0v) is 14.3. The highest BCUT2D eigenvalue weighted by Gasteiger charge is 2.10. The molecule has 0 bridgehead atoms. The van der Waals surface area contributed by atoms with Gasteiger partial charge in [0.25, 0.3) is 0 Å². The number of nitrogens with zero attached hydrogens (tertiary/aromatic N) is 2. The molecule has 0 aliphatic carbocycles. The molecule has 1 aromatic carbocycles. The topological polar surface area (TPSA) is 32.5 Å². The van der Waals surface area contributed by atoms with Crippen molar-refractivity contribution >= 4 is 0 Å². The van der Waals surface area contributed by atoms with E-state index in [-0.39, 0.29) is 6.04 Å². The van der Waals surface area contributed by atoms with Gasteiger partial charge in [0, 0.05) is 25.7 Å². The molecule has 0 fully saturated rings. The molecule has 21 heavy (non-hydrogen) atoms. The number of nitrogens with two attached hydrogens (primary N) is 1. The Morgan fingerprint density at radius 2 is 1.67 bits per heavy atom. The Balaban J connectivity index is 2.34. The van der Waals surface area contributed by atoms with E-state index in [1.54, 1.807) is 0 Å². The van der Waals surface area contributed by atoms with E-state index in [0.29, 0.717) is 0 Å². The van der Waals surface area contributed by atoms with Crippen LogP contribution < -0.4 is 5.73 Å². The molecule has 0 aliphatic rings. The van der Waals surface area contributed by atoms with Crippen LogP contribution >= 0.6 is 0 Å². The third kappa shape index (κ3) is 8.20. The Morgan fingerprint density at radius 3 is 2.24 bits per heavy atom. The van der Waals surface area contributed by atoms with Gasteiger partial charge in [-0.25, -0.2) is 0 Å². The molecular formula is C18H33N3. The minimum absolute atomic E-state index is 0.168. The van der Waals surface area contributed by atoms with E-state index >= 15 is 0 Å². The third-order valence-electron chi connectivity index (χ3n) is 3.70. The number of hydrogen-bond donors (Lipinski definition) is 1. The molecule has 0 saturated heterocycles. The zero-order chi connectivity index (χ0) is 15.7. The minimum atomic E-state index is 0.168. The maximum Gasteiger partial charge on any atom is 0.0295 e. The maximum atomic E-state index is 6.28. The summed E-state index contributed by atoms with van der Waals surface area (Å²) in [6.07, 6.45) is 2.22. The first-order valence-corrected chi connectivity index (χ1v) is 8.16. The average Bonchev–Trinajstić information content (AvgIpc) is 2.44. The summed E-state index contributed by atoms with van der Waals surface area (Å²) in [6, 6.07) is 10.6. The standard InChI is InChI=1S/C18H33N3/c1-16(2)15-21(14-13-20(3)4)12-8-11-18(19)17-9-6-5-7-10-17/h5-7,9-10,16,18H,8,11-15,19H2,1-4H3. The summed E-state index contributed by atoms with van der Waals surface area (Å²) >= 11 is 0. The summed E-state index contributed by atoms with van der Waals surface area (Å²) < 4.78 is 0. The van der Waals surface area contributed by atoms with Crippen molar-refractivity contribution in [2.45, 2.75) is 32.7 Å². The highest BCUT2D eigenvalue weighted by molar-refractivity contribution is 5.18. The van der Waals surface area contributed by atoms with E-state index in [0.717, 1.165) is 38.4 Å². The van der Waals surface area contributed by atoms with Crippen LogP contribution in [-0.4, -0.2) is 50.1 Å². The highest BCUT2D eigenvalue weighted by atomic mass is 15.2. The van der Waals surface area contributed by atoms with Crippen molar-refractivity contribution < 1.29 is 0 Å². The van der Waals surface area contributed by atoms with E-state index in [4.69, 9.17) is 5.73 Å². The quantitative estimate of drug-likeness (QED) is 0.719. The third-order valence-corrected chi connectivity index (χ3v) is 3.70. The molecule has 0 spiro atoms. The molecule has 0 saturated carbocycles. The molecule has 0 aliphatic heterocycles. The molecular weight excluding hydrogens is 258 g/mol. The molecule has 1 unspecified atom stereocenters. The van der Waals surface area contributed by atoms with Crippen molar-refractivity contribution in [3.8, 4) is 0 Å². The van der Waals surface area contributed by atoms with Gasteiger partial charge in [-0.3, -0.25) is 0 Å². The molecule has 1 aromatic rings. The van der Waals surface area contributed by atoms with Crippen molar-refractivity contribution in [3.05, 3.63) is 35.9 Å². The summed E-state index contributed by atoms with van der Waals surface area (Å²) in [6.45, 7) is 9.17. The second-order valence-electron chi connectivity index (χ2n) is 6.66. The van der Waals surface area contributed by atoms with Gasteiger partial charge in [-0.1, -0.05) is 44.2 Å². The van der Waals surface area contributed by atoms with Crippen molar-refractivity contribution in [2.75, 3.05) is 40.3 Å². The largest absolute Gasteiger partial charge is 0.324 e. The van der Waals surface area contributed by atoms with Crippen LogP contribution in [0.5, 0.6) is 0 Å². The first-order valence-electron chi connectivity index (χ1n) is 8.16. The van der Waals surface area contributed by atoms with Gasteiger partial charge in [0.05, 0.1) is 0 Å². The summed E-state index contributed by atoms with van der Waals surface area (Å²) in [4.78, 5) is 4.82. The molecule has 0 amide bonds. The second kappa shape index (κ2) is 9.93. The highest BCUT2D eigenvalue weighted by Crippen LogP contribution is 2.15. The van der Waals surface area contributed by atoms with E-state index in [9.17, 15) is 0 Å². The van der Waals surface area contributed by atoms with Crippen LogP contribution in [0.15, 0.2) is 30.3 Å². The van der Waals surface area contributed by atoms with Crippen LogP contribution in [0.1, 0.15) is 38.3 Å². The lowest BCUT2D eigenvalue weighted by Crippen LogP contribution is -2.35. The van der Waals surface area contributed by atoms with Crippen LogP contribution in [0.4, 0.5) is 0 Å². The van der Waals surface area contributed by atoms with Crippen LogP contribution in [0.25, 0.3) is 0 Å². The predicted molar refractivity (Wildman–Crippen MR) is 92.4 cm³/mol. The fraction of sp³-hybridized carbons (Fsp3) is 0.667. The summed E-state index contributed by atoms with van der Waals surface area (Å²) in [5, 5.41) is 0. The molecule has 1 atom stereocenters. The zero-order valence-electron chi connectivity index (χ0n) is 14.3. The number of hydrogen-bond acceptors (Lipinski definition) is 3. The van der Waals surface area contributed by atoms with Gasteiger partial charge in [-0.05, 0) is 45.0 Å². The maximum absolute atomic E-state index is 6.28. The monoisotopic (exact) mass is 291 g/mol. The fourth-order valence-electron chi connectivity index (χ4n) is 2.55. The Hall–Kier alpha value is -0.900. The van der Waals surface area contributed by atoms with Crippen LogP contribution in [-0.2, 0) is 0 Å². The van der Waals surface area contributed by atoms with E-state index in [1.807, 2.05) is 6.07 Å². The Morgan fingerprint density at radius 1 is 1.00 bits per heavy atom. The SMILES string of the molecule is CC(C)CN(CCCC(N)c1ccccc1)CCN(C)C. The van der Waals surface area contributed by atoms with Gasteiger partial charge in [0.1, 0.15) is 0 Å². The number of likely N-dealkylation sites (N-methyl/N-ethyl adjacent to an activating group) is 1. The summed E-state index contributed by atoms with van der Waals surface area (Å²) in [5.41, 5.74) is 7.53. The second-order valence-corrected chi connectivity index (χ2v) is 6.66. The van der Waals surface area contributed by atoms with Crippen molar-refractivity contribution in [1.82, 2.24) is 9.80 Å². The Labute approximate surface area is 131 Å². The van der Waals surface area contributed by atoms with E-state index in [2.05, 4.69) is 62.0 Å². The summed E-state index contributed by atoms with van der Waals surface area (Å²) in [7, 11) is 4.28. The smallest absolute Gasteiger partial charge is 0.0295 e. The van der Waals surface area contributed by atoms with Crippen LogP contribution in [0.3, 0.4) is 0 Å². The first kappa shape index (κ1) is 18.1. The lowest BCUT2D eigenvalue weighted by Gasteiger charge is -2.26. The van der Waals surface area contributed by atoms with Gasteiger partial charge in [-0.2, -0.15) is 0 Å². The van der Waals surface area contributed by atoms with Crippen molar-refractivity contribution in [2.24, 2.45) is 11.7 Å².